The zero-order valence-electron chi connectivity index (χ0n) is 10.6. The highest BCUT2D eigenvalue weighted by Crippen LogP contribution is 2.14. The van der Waals surface area contributed by atoms with Crippen LogP contribution in [0, 0.1) is 0 Å². The Kier molecular flexibility index (Phi) is 3.38. The molecule has 1 saturated heterocycles. The molecule has 1 aliphatic heterocycles. The summed E-state index contributed by atoms with van der Waals surface area (Å²) < 4.78 is 0. The topological polar surface area (TPSA) is 91.2 Å². The first-order chi connectivity index (χ1) is 8.50. The van der Waals surface area contributed by atoms with Crippen LogP contribution in [0.5, 0.6) is 0 Å². The zero-order valence-corrected chi connectivity index (χ0v) is 10.6. The number of carbonyl (C=O) groups is 2. The van der Waals surface area contributed by atoms with Crippen molar-refractivity contribution in [1.82, 2.24) is 15.2 Å². The number of aromatic amines is 1. The van der Waals surface area contributed by atoms with Crippen molar-refractivity contribution in [3.63, 3.8) is 0 Å². The van der Waals surface area contributed by atoms with Crippen molar-refractivity contribution in [2.45, 2.75) is 25.9 Å². The first-order valence-electron chi connectivity index (χ1n) is 6.03. The lowest BCUT2D eigenvalue weighted by Crippen LogP contribution is -2.57. The number of rotatable bonds is 2. The summed E-state index contributed by atoms with van der Waals surface area (Å²) in [6, 6.07) is 1.88. The highest BCUT2D eigenvalue weighted by Gasteiger charge is 2.29. The number of amides is 2. The van der Waals surface area contributed by atoms with E-state index < -0.39 is 5.91 Å². The predicted octanol–water partition coefficient (Wildman–Crippen LogP) is -0.0640. The lowest BCUT2D eigenvalue weighted by molar-refractivity contribution is 0.0597. The van der Waals surface area contributed by atoms with Gasteiger partial charge in [0.15, 0.2) is 0 Å². The number of nitrogens with one attached hydrogen (secondary N) is 2. The fourth-order valence-corrected chi connectivity index (χ4v) is 2.16. The molecule has 6 heteroatoms. The molecule has 2 unspecified atom stereocenters. The summed E-state index contributed by atoms with van der Waals surface area (Å²) >= 11 is 0. The van der Waals surface area contributed by atoms with Gasteiger partial charge in [-0.1, -0.05) is 0 Å². The number of nitrogens with two attached hydrogens (primary N) is 1. The second kappa shape index (κ2) is 4.81. The summed E-state index contributed by atoms with van der Waals surface area (Å²) in [5.41, 5.74) is 5.90. The molecule has 18 heavy (non-hydrogen) atoms. The number of carbonyl (C=O) groups excluding carboxylic acids is 2. The minimum absolute atomic E-state index is 0.0941. The van der Waals surface area contributed by atoms with Crippen LogP contribution in [0.2, 0.25) is 0 Å². The van der Waals surface area contributed by atoms with E-state index in [4.69, 9.17) is 5.73 Å². The van der Waals surface area contributed by atoms with Gasteiger partial charge in [0.2, 0.25) is 5.91 Å². The van der Waals surface area contributed by atoms with Gasteiger partial charge in [-0.25, -0.2) is 0 Å². The summed E-state index contributed by atoms with van der Waals surface area (Å²) in [4.78, 5) is 27.9. The molecule has 1 aliphatic rings. The van der Waals surface area contributed by atoms with Crippen molar-refractivity contribution in [2.24, 2.45) is 5.73 Å². The zero-order chi connectivity index (χ0) is 13.3. The van der Waals surface area contributed by atoms with Crippen LogP contribution in [0.1, 0.15) is 34.7 Å². The van der Waals surface area contributed by atoms with Gasteiger partial charge in [-0.05, 0) is 19.9 Å². The maximum atomic E-state index is 12.3. The van der Waals surface area contributed by atoms with Crippen molar-refractivity contribution in [2.75, 3.05) is 13.1 Å². The Morgan fingerprint density at radius 3 is 2.78 bits per heavy atom. The molecule has 0 bridgehead atoms. The average molecular weight is 250 g/mol. The molecule has 4 N–H and O–H groups in total. The van der Waals surface area contributed by atoms with Gasteiger partial charge in [-0.3, -0.25) is 9.59 Å². The Bertz CT molecular complexity index is 468. The van der Waals surface area contributed by atoms with E-state index >= 15 is 0 Å². The van der Waals surface area contributed by atoms with Gasteiger partial charge in [-0.15, -0.1) is 0 Å². The third-order valence-electron chi connectivity index (χ3n) is 3.49. The Labute approximate surface area is 106 Å². The summed E-state index contributed by atoms with van der Waals surface area (Å²) in [7, 11) is 0. The normalized spacial score (nSPS) is 24.0. The van der Waals surface area contributed by atoms with Crippen LogP contribution in [-0.2, 0) is 0 Å². The number of aromatic nitrogens is 1. The molecule has 1 aromatic heterocycles. The molecular formula is C12H18N4O2. The second-order valence-electron chi connectivity index (χ2n) is 4.65. The first kappa shape index (κ1) is 12.6. The molecule has 2 heterocycles. The number of nitrogens with zero attached hydrogens (tertiary/aromatic N) is 1. The Morgan fingerprint density at radius 1 is 1.44 bits per heavy atom. The molecule has 0 spiro atoms. The van der Waals surface area contributed by atoms with E-state index in [9.17, 15) is 9.59 Å². The van der Waals surface area contributed by atoms with Crippen LogP contribution in [0.4, 0.5) is 0 Å². The SMILES string of the molecule is CC1NCCN(C(=O)c2cc(C(N)=O)c[nH]2)C1C. The van der Waals surface area contributed by atoms with Gasteiger partial charge in [0.1, 0.15) is 5.69 Å². The summed E-state index contributed by atoms with van der Waals surface area (Å²) in [5.74, 6) is -0.629. The van der Waals surface area contributed by atoms with Crippen LogP contribution in [0.3, 0.4) is 0 Å². The number of hydrogen-bond donors (Lipinski definition) is 3. The fourth-order valence-electron chi connectivity index (χ4n) is 2.16. The van der Waals surface area contributed by atoms with Gasteiger partial charge in [0.25, 0.3) is 5.91 Å². The third kappa shape index (κ3) is 2.24. The van der Waals surface area contributed by atoms with E-state index in [-0.39, 0.29) is 18.0 Å². The van der Waals surface area contributed by atoms with Crippen molar-refractivity contribution in [1.29, 1.82) is 0 Å². The molecule has 1 aromatic rings. The van der Waals surface area contributed by atoms with E-state index in [0.29, 0.717) is 17.8 Å². The minimum atomic E-state index is -0.535. The molecule has 2 atom stereocenters. The number of H-pyrrole nitrogens is 1. The van der Waals surface area contributed by atoms with Crippen molar-refractivity contribution in [3.8, 4) is 0 Å². The van der Waals surface area contributed by atoms with Gasteiger partial charge in [0.05, 0.1) is 5.56 Å². The molecule has 0 saturated carbocycles. The van der Waals surface area contributed by atoms with E-state index in [1.807, 2.05) is 13.8 Å². The van der Waals surface area contributed by atoms with E-state index in [1.165, 1.54) is 12.3 Å². The van der Waals surface area contributed by atoms with Crippen LogP contribution < -0.4 is 11.1 Å². The van der Waals surface area contributed by atoms with Gasteiger partial charge in [-0.2, -0.15) is 0 Å². The Balaban J connectivity index is 2.17. The highest BCUT2D eigenvalue weighted by molar-refractivity contribution is 5.98. The molecule has 2 rings (SSSR count). The molecule has 1 fully saturated rings. The third-order valence-corrected chi connectivity index (χ3v) is 3.49. The summed E-state index contributed by atoms with van der Waals surface area (Å²) in [5, 5.41) is 3.31. The molecular weight excluding hydrogens is 232 g/mol. The summed E-state index contributed by atoms with van der Waals surface area (Å²) in [6.07, 6.45) is 1.46. The minimum Gasteiger partial charge on any atom is -0.366 e. The molecule has 0 aliphatic carbocycles. The average Bonchev–Trinajstić information content (AvgIpc) is 2.81. The monoisotopic (exact) mass is 250 g/mol. The van der Waals surface area contributed by atoms with Crippen LogP contribution >= 0.6 is 0 Å². The molecule has 6 nitrogen and oxygen atoms in total. The van der Waals surface area contributed by atoms with E-state index in [2.05, 4.69) is 10.3 Å². The number of piperazine rings is 1. The largest absolute Gasteiger partial charge is 0.366 e. The second-order valence-corrected chi connectivity index (χ2v) is 4.65. The van der Waals surface area contributed by atoms with Gasteiger partial charge >= 0.3 is 0 Å². The Hall–Kier alpha value is -1.82. The van der Waals surface area contributed by atoms with E-state index in [1.54, 1.807) is 4.90 Å². The predicted molar refractivity (Wildman–Crippen MR) is 67.3 cm³/mol. The quantitative estimate of drug-likeness (QED) is 0.686. The standard InChI is InChI=1S/C12H18N4O2/c1-7-8(2)16(4-3-14-7)12(18)10-5-9(6-15-10)11(13)17/h5-8,14-15H,3-4H2,1-2H3,(H2,13,17). The lowest BCUT2D eigenvalue weighted by Gasteiger charge is -2.38. The number of hydrogen-bond acceptors (Lipinski definition) is 3. The maximum Gasteiger partial charge on any atom is 0.270 e. The van der Waals surface area contributed by atoms with Gasteiger partial charge in [0, 0.05) is 31.4 Å². The highest BCUT2D eigenvalue weighted by atomic mass is 16.2. The van der Waals surface area contributed by atoms with Crippen molar-refractivity contribution in [3.05, 3.63) is 23.5 Å². The number of primary amides is 1. The van der Waals surface area contributed by atoms with Crippen molar-refractivity contribution >= 4 is 11.8 Å². The lowest BCUT2D eigenvalue weighted by atomic mass is 10.1. The van der Waals surface area contributed by atoms with Crippen molar-refractivity contribution < 1.29 is 9.59 Å². The fraction of sp³-hybridized carbons (Fsp3) is 0.500. The molecule has 0 radical (unpaired) electrons. The van der Waals surface area contributed by atoms with Crippen LogP contribution in [-0.4, -0.2) is 46.9 Å². The Morgan fingerprint density at radius 2 is 2.17 bits per heavy atom. The maximum absolute atomic E-state index is 12.3. The van der Waals surface area contributed by atoms with Crippen LogP contribution in [0.25, 0.3) is 0 Å². The summed E-state index contributed by atoms with van der Waals surface area (Å²) in [6.45, 7) is 5.50. The van der Waals surface area contributed by atoms with Crippen LogP contribution in [0.15, 0.2) is 12.3 Å². The molecule has 0 aromatic carbocycles. The molecule has 2 amide bonds. The molecule has 98 valence electrons. The van der Waals surface area contributed by atoms with E-state index in [0.717, 1.165) is 6.54 Å². The first-order valence-corrected chi connectivity index (χ1v) is 6.03. The van der Waals surface area contributed by atoms with Gasteiger partial charge < -0.3 is 20.9 Å². The smallest absolute Gasteiger partial charge is 0.270 e.